The monoisotopic (exact) mass is 187 g/mol. The Morgan fingerprint density at radius 3 is 2.23 bits per heavy atom. The third kappa shape index (κ3) is 5.01. The van der Waals surface area contributed by atoms with Crippen molar-refractivity contribution in [1.29, 1.82) is 0 Å². The van der Waals surface area contributed by atoms with Crippen LogP contribution in [0.1, 0.15) is 33.6 Å². The molecule has 0 amide bonds. The van der Waals surface area contributed by atoms with E-state index in [1.54, 1.807) is 6.92 Å². The van der Waals surface area contributed by atoms with Gasteiger partial charge in [-0.05, 0) is 19.8 Å². The summed E-state index contributed by atoms with van der Waals surface area (Å²) in [6.45, 7) is 7.01. The molecule has 0 saturated carbocycles. The zero-order valence-corrected chi connectivity index (χ0v) is 8.92. The minimum atomic E-state index is 0.129. The molecule has 0 spiro atoms. The van der Waals surface area contributed by atoms with Gasteiger partial charge in [-0.15, -0.1) is 0 Å². The second-order valence-electron chi connectivity index (χ2n) is 3.37. The summed E-state index contributed by atoms with van der Waals surface area (Å²) < 4.78 is 0. The van der Waals surface area contributed by atoms with E-state index in [1.165, 1.54) is 0 Å². The number of hydrogen-bond donors (Lipinski definition) is 1. The molecule has 0 radical (unpaired) electrons. The molecule has 0 rings (SSSR count). The fourth-order valence-corrected chi connectivity index (χ4v) is 1.61. The van der Waals surface area contributed by atoms with Gasteiger partial charge >= 0.3 is 0 Å². The Kier molecular flexibility index (Phi) is 6.82. The maximum atomic E-state index is 10.9. The molecule has 0 aliphatic carbocycles. The maximum absolute atomic E-state index is 10.9. The van der Waals surface area contributed by atoms with Gasteiger partial charge in [-0.3, -0.25) is 9.69 Å². The van der Waals surface area contributed by atoms with Gasteiger partial charge in [0.2, 0.25) is 0 Å². The van der Waals surface area contributed by atoms with Crippen LogP contribution in [0.4, 0.5) is 0 Å². The van der Waals surface area contributed by atoms with E-state index in [0.717, 1.165) is 12.8 Å². The smallest absolute Gasteiger partial charge is 0.143 e. The predicted molar refractivity (Wildman–Crippen MR) is 53.7 cm³/mol. The minimum Gasteiger partial charge on any atom is -0.395 e. The molecule has 0 aromatic carbocycles. The Morgan fingerprint density at radius 1 is 1.38 bits per heavy atom. The van der Waals surface area contributed by atoms with Crippen molar-refractivity contribution >= 4 is 5.78 Å². The first kappa shape index (κ1) is 12.6. The summed E-state index contributed by atoms with van der Waals surface area (Å²) in [4.78, 5) is 13.0. The van der Waals surface area contributed by atoms with E-state index in [2.05, 4.69) is 18.7 Å². The quantitative estimate of drug-likeness (QED) is 0.648. The molecule has 0 heterocycles. The van der Waals surface area contributed by atoms with Crippen LogP contribution in [0.15, 0.2) is 0 Å². The highest BCUT2D eigenvalue weighted by Crippen LogP contribution is 2.07. The zero-order chi connectivity index (χ0) is 10.3. The second kappa shape index (κ2) is 7.04. The first-order valence-corrected chi connectivity index (χ1v) is 5.00. The minimum absolute atomic E-state index is 0.129. The van der Waals surface area contributed by atoms with Crippen LogP contribution in [-0.4, -0.2) is 41.5 Å². The molecular weight excluding hydrogens is 166 g/mol. The van der Waals surface area contributed by atoms with E-state index >= 15 is 0 Å². The summed E-state index contributed by atoms with van der Waals surface area (Å²) in [7, 11) is 0. The highest BCUT2D eigenvalue weighted by molar-refractivity contribution is 5.77. The standard InChI is InChI=1S/C10H21NO2/c1-4-10(5-2)11(6-7-12)8-9(3)13/h10,12H,4-8H2,1-3H3. The highest BCUT2D eigenvalue weighted by Gasteiger charge is 2.15. The van der Waals surface area contributed by atoms with Gasteiger partial charge in [-0.25, -0.2) is 0 Å². The fourth-order valence-electron chi connectivity index (χ4n) is 1.61. The van der Waals surface area contributed by atoms with E-state index in [4.69, 9.17) is 5.11 Å². The number of aliphatic hydroxyl groups is 1. The fraction of sp³-hybridized carbons (Fsp3) is 0.900. The van der Waals surface area contributed by atoms with E-state index < -0.39 is 0 Å². The predicted octanol–water partition coefficient (Wildman–Crippen LogP) is 1.06. The lowest BCUT2D eigenvalue weighted by Gasteiger charge is -2.28. The second-order valence-corrected chi connectivity index (χ2v) is 3.37. The van der Waals surface area contributed by atoms with Gasteiger partial charge < -0.3 is 5.11 Å². The molecule has 0 aromatic rings. The van der Waals surface area contributed by atoms with Crippen LogP contribution in [-0.2, 0) is 4.79 Å². The van der Waals surface area contributed by atoms with E-state index in [-0.39, 0.29) is 12.4 Å². The van der Waals surface area contributed by atoms with E-state index in [9.17, 15) is 4.79 Å². The average molecular weight is 187 g/mol. The molecule has 78 valence electrons. The number of carbonyl (C=O) groups excluding carboxylic acids is 1. The molecule has 0 unspecified atom stereocenters. The number of rotatable bonds is 7. The molecular formula is C10H21NO2. The summed E-state index contributed by atoms with van der Waals surface area (Å²) in [6, 6.07) is 0.427. The van der Waals surface area contributed by atoms with Gasteiger partial charge in [0.1, 0.15) is 5.78 Å². The normalized spacial score (nSPS) is 11.2. The van der Waals surface area contributed by atoms with Gasteiger partial charge in [-0.2, -0.15) is 0 Å². The molecule has 0 bridgehead atoms. The number of Topliss-reactive ketones (excluding diaryl/α,β-unsaturated/α-hetero) is 1. The van der Waals surface area contributed by atoms with E-state index in [0.29, 0.717) is 19.1 Å². The Bertz CT molecular complexity index is 144. The van der Waals surface area contributed by atoms with Gasteiger partial charge in [0.15, 0.2) is 0 Å². The molecule has 0 atom stereocenters. The Labute approximate surface area is 80.7 Å². The van der Waals surface area contributed by atoms with Crippen molar-refractivity contribution in [1.82, 2.24) is 4.90 Å². The van der Waals surface area contributed by atoms with E-state index in [1.807, 2.05) is 0 Å². The molecule has 0 aliphatic heterocycles. The summed E-state index contributed by atoms with van der Waals surface area (Å²) in [5.74, 6) is 0.167. The third-order valence-corrected chi connectivity index (χ3v) is 2.27. The van der Waals surface area contributed by atoms with Crippen LogP contribution in [0.25, 0.3) is 0 Å². The highest BCUT2D eigenvalue weighted by atomic mass is 16.3. The van der Waals surface area contributed by atoms with Gasteiger partial charge in [-0.1, -0.05) is 13.8 Å². The Hall–Kier alpha value is -0.410. The Balaban J connectivity index is 4.11. The third-order valence-electron chi connectivity index (χ3n) is 2.27. The van der Waals surface area contributed by atoms with Gasteiger partial charge in [0, 0.05) is 12.6 Å². The van der Waals surface area contributed by atoms with Crippen molar-refractivity contribution < 1.29 is 9.90 Å². The molecule has 1 N–H and O–H groups in total. The number of ketones is 1. The topological polar surface area (TPSA) is 40.5 Å². The molecule has 0 fully saturated rings. The van der Waals surface area contributed by atoms with Crippen LogP contribution in [0.5, 0.6) is 0 Å². The molecule has 13 heavy (non-hydrogen) atoms. The molecule has 3 heteroatoms. The SMILES string of the molecule is CCC(CC)N(CCO)CC(C)=O. The summed E-state index contributed by atoms with van der Waals surface area (Å²) in [5.41, 5.74) is 0. The van der Waals surface area contributed by atoms with Crippen LogP contribution in [0.2, 0.25) is 0 Å². The maximum Gasteiger partial charge on any atom is 0.143 e. The number of aliphatic hydroxyl groups excluding tert-OH is 1. The van der Waals surface area contributed by atoms with Crippen molar-refractivity contribution in [2.45, 2.75) is 39.7 Å². The van der Waals surface area contributed by atoms with Crippen LogP contribution in [0, 0.1) is 0 Å². The molecule has 3 nitrogen and oxygen atoms in total. The van der Waals surface area contributed by atoms with Crippen molar-refractivity contribution in [3.63, 3.8) is 0 Å². The van der Waals surface area contributed by atoms with Crippen molar-refractivity contribution in [2.24, 2.45) is 0 Å². The largest absolute Gasteiger partial charge is 0.395 e. The van der Waals surface area contributed by atoms with Crippen molar-refractivity contribution in [3.8, 4) is 0 Å². The summed E-state index contributed by atoms with van der Waals surface area (Å²) in [6.07, 6.45) is 2.06. The first-order chi connectivity index (χ1) is 6.15. The average Bonchev–Trinajstić information content (AvgIpc) is 2.05. The lowest BCUT2D eigenvalue weighted by atomic mass is 10.1. The van der Waals surface area contributed by atoms with Crippen LogP contribution < -0.4 is 0 Å². The summed E-state index contributed by atoms with van der Waals surface area (Å²) in [5, 5.41) is 8.84. The lowest BCUT2D eigenvalue weighted by Crippen LogP contribution is -2.39. The molecule has 0 aliphatic rings. The molecule has 0 saturated heterocycles. The van der Waals surface area contributed by atoms with Gasteiger partial charge in [0.05, 0.1) is 13.2 Å². The molecule has 0 aromatic heterocycles. The van der Waals surface area contributed by atoms with Crippen LogP contribution >= 0.6 is 0 Å². The number of nitrogens with zero attached hydrogens (tertiary/aromatic N) is 1. The number of carbonyl (C=O) groups is 1. The van der Waals surface area contributed by atoms with Gasteiger partial charge in [0.25, 0.3) is 0 Å². The zero-order valence-electron chi connectivity index (χ0n) is 8.92. The van der Waals surface area contributed by atoms with Crippen LogP contribution in [0.3, 0.4) is 0 Å². The Morgan fingerprint density at radius 2 is 1.92 bits per heavy atom. The van der Waals surface area contributed by atoms with Crippen molar-refractivity contribution in [2.75, 3.05) is 19.7 Å². The van der Waals surface area contributed by atoms with Crippen molar-refractivity contribution in [3.05, 3.63) is 0 Å². The summed E-state index contributed by atoms with van der Waals surface area (Å²) >= 11 is 0. The number of hydrogen-bond acceptors (Lipinski definition) is 3. The first-order valence-electron chi connectivity index (χ1n) is 5.00. The lowest BCUT2D eigenvalue weighted by molar-refractivity contribution is -0.118.